The summed E-state index contributed by atoms with van der Waals surface area (Å²) in [5.41, 5.74) is 5.91. The lowest BCUT2D eigenvalue weighted by Gasteiger charge is -2.09. The zero-order valence-corrected chi connectivity index (χ0v) is 10.5. The highest BCUT2D eigenvalue weighted by molar-refractivity contribution is 7.90. The van der Waals surface area contributed by atoms with Crippen LogP contribution in [0.25, 0.3) is 0 Å². The number of aromatic nitrogens is 2. The molecule has 0 aliphatic carbocycles. The van der Waals surface area contributed by atoms with Crippen LogP contribution in [0.4, 0.5) is 17.5 Å². The van der Waals surface area contributed by atoms with E-state index in [0.29, 0.717) is 11.5 Å². The minimum absolute atomic E-state index is 0.122. The van der Waals surface area contributed by atoms with E-state index < -0.39 is 9.84 Å². The molecule has 0 saturated heterocycles. The molecule has 0 atom stereocenters. The molecule has 2 aromatic rings. The van der Waals surface area contributed by atoms with Crippen LogP contribution in [0.2, 0.25) is 0 Å². The monoisotopic (exact) mass is 264 g/mol. The number of benzene rings is 1. The van der Waals surface area contributed by atoms with Crippen LogP contribution in [0.15, 0.2) is 41.4 Å². The lowest BCUT2D eigenvalue weighted by Crippen LogP contribution is -2.04. The predicted molar refractivity (Wildman–Crippen MR) is 69.3 cm³/mol. The standard InChI is InChI=1S/C11H12N4O2S/c1-18(16,17)9-5-3-2-4-8(9)14-10-6-7-13-11(12)15-10/h2-7H,1H3,(H3,12,13,14,15). The molecule has 7 heteroatoms. The third-order valence-electron chi connectivity index (χ3n) is 2.22. The molecular formula is C11H12N4O2S. The maximum atomic E-state index is 11.6. The maximum absolute atomic E-state index is 11.6. The first-order valence-electron chi connectivity index (χ1n) is 5.11. The van der Waals surface area contributed by atoms with Crippen molar-refractivity contribution in [3.05, 3.63) is 36.5 Å². The van der Waals surface area contributed by atoms with Crippen LogP contribution in [-0.4, -0.2) is 24.6 Å². The minimum atomic E-state index is -3.30. The van der Waals surface area contributed by atoms with Crippen molar-refractivity contribution >= 4 is 27.3 Å². The van der Waals surface area contributed by atoms with Crippen molar-refractivity contribution < 1.29 is 8.42 Å². The second-order valence-corrected chi connectivity index (χ2v) is 5.68. The van der Waals surface area contributed by atoms with Crippen molar-refractivity contribution in [3.63, 3.8) is 0 Å². The summed E-state index contributed by atoms with van der Waals surface area (Å²) in [6, 6.07) is 8.20. The Kier molecular flexibility index (Phi) is 3.15. The topological polar surface area (TPSA) is 98.0 Å². The fourth-order valence-electron chi connectivity index (χ4n) is 1.47. The van der Waals surface area contributed by atoms with Crippen molar-refractivity contribution in [3.8, 4) is 0 Å². The third kappa shape index (κ3) is 2.75. The first-order chi connectivity index (χ1) is 8.47. The molecule has 0 radical (unpaired) electrons. The van der Waals surface area contributed by atoms with Gasteiger partial charge < -0.3 is 11.1 Å². The van der Waals surface area contributed by atoms with Gasteiger partial charge >= 0.3 is 0 Å². The van der Waals surface area contributed by atoms with Crippen LogP contribution in [0, 0.1) is 0 Å². The van der Waals surface area contributed by atoms with Crippen LogP contribution in [0.1, 0.15) is 0 Å². The molecule has 0 aliphatic rings. The molecule has 2 rings (SSSR count). The van der Waals surface area contributed by atoms with E-state index in [1.165, 1.54) is 12.3 Å². The predicted octanol–water partition coefficient (Wildman–Crippen LogP) is 1.21. The Bertz CT molecular complexity index is 670. The van der Waals surface area contributed by atoms with Crippen LogP contribution in [0.3, 0.4) is 0 Å². The van der Waals surface area contributed by atoms with E-state index in [0.717, 1.165) is 6.26 Å². The molecular weight excluding hydrogens is 252 g/mol. The van der Waals surface area contributed by atoms with Crippen LogP contribution < -0.4 is 11.1 Å². The summed E-state index contributed by atoms with van der Waals surface area (Å²) in [7, 11) is -3.30. The van der Waals surface area contributed by atoms with Gasteiger partial charge in [0.15, 0.2) is 9.84 Å². The molecule has 0 fully saturated rings. The molecule has 1 heterocycles. The Morgan fingerprint density at radius 3 is 2.61 bits per heavy atom. The minimum Gasteiger partial charge on any atom is -0.368 e. The van der Waals surface area contributed by atoms with Gasteiger partial charge in [0.05, 0.1) is 10.6 Å². The Hall–Kier alpha value is -2.15. The molecule has 0 unspecified atom stereocenters. The summed E-state index contributed by atoms with van der Waals surface area (Å²) >= 11 is 0. The summed E-state index contributed by atoms with van der Waals surface area (Å²) in [6.45, 7) is 0. The van der Waals surface area contributed by atoms with Gasteiger partial charge in [0.25, 0.3) is 0 Å². The van der Waals surface area contributed by atoms with Gasteiger partial charge in [0.2, 0.25) is 5.95 Å². The number of para-hydroxylation sites is 1. The van der Waals surface area contributed by atoms with Gasteiger partial charge in [-0.25, -0.2) is 13.4 Å². The number of nitrogens with zero attached hydrogens (tertiary/aromatic N) is 2. The number of hydrogen-bond acceptors (Lipinski definition) is 6. The fourth-order valence-corrected chi connectivity index (χ4v) is 2.32. The summed E-state index contributed by atoms with van der Waals surface area (Å²) < 4.78 is 23.2. The number of nitrogens with one attached hydrogen (secondary N) is 1. The lowest BCUT2D eigenvalue weighted by molar-refractivity contribution is 0.602. The Labute approximate surface area is 105 Å². The molecule has 0 bridgehead atoms. The smallest absolute Gasteiger partial charge is 0.221 e. The van der Waals surface area contributed by atoms with Gasteiger partial charge in [-0.2, -0.15) is 4.98 Å². The van der Waals surface area contributed by atoms with Crippen LogP contribution >= 0.6 is 0 Å². The van der Waals surface area contributed by atoms with E-state index in [2.05, 4.69) is 15.3 Å². The van der Waals surface area contributed by atoms with Gasteiger partial charge in [0.1, 0.15) is 5.82 Å². The number of sulfone groups is 1. The lowest BCUT2D eigenvalue weighted by atomic mass is 10.3. The van der Waals surface area contributed by atoms with E-state index in [9.17, 15) is 8.42 Å². The number of anilines is 3. The van der Waals surface area contributed by atoms with Gasteiger partial charge in [-0.3, -0.25) is 0 Å². The summed E-state index contributed by atoms with van der Waals surface area (Å²) in [5.74, 6) is 0.565. The van der Waals surface area contributed by atoms with Crippen LogP contribution in [0.5, 0.6) is 0 Å². The molecule has 3 N–H and O–H groups in total. The highest BCUT2D eigenvalue weighted by Crippen LogP contribution is 2.23. The third-order valence-corrected chi connectivity index (χ3v) is 3.38. The highest BCUT2D eigenvalue weighted by Gasteiger charge is 2.12. The van der Waals surface area contributed by atoms with E-state index in [4.69, 9.17) is 5.73 Å². The molecule has 94 valence electrons. The van der Waals surface area contributed by atoms with Crippen molar-refractivity contribution in [2.75, 3.05) is 17.3 Å². The Morgan fingerprint density at radius 2 is 1.94 bits per heavy atom. The number of nitrogen functional groups attached to an aromatic ring is 1. The Morgan fingerprint density at radius 1 is 1.22 bits per heavy atom. The van der Waals surface area contributed by atoms with Gasteiger partial charge in [0, 0.05) is 12.5 Å². The second kappa shape index (κ2) is 4.61. The quantitative estimate of drug-likeness (QED) is 0.864. The van der Waals surface area contributed by atoms with E-state index in [1.54, 1.807) is 24.3 Å². The SMILES string of the molecule is CS(=O)(=O)c1ccccc1Nc1ccnc(N)n1. The first kappa shape index (κ1) is 12.3. The average Bonchev–Trinajstić information content (AvgIpc) is 2.28. The Balaban J connectivity index is 2.41. The number of hydrogen-bond donors (Lipinski definition) is 2. The zero-order chi connectivity index (χ0) is 13.2. The normalized spacial score (nSPS) is 11.2. The highest BCUT2D eigenvalue weighted by atomic mass is 32.2. The van der Waals surface area contributed by atoms with Crippen molar-refractivity contribution in [1.29, 1.82) is 0 Å². The summed E-state index contributed by atoms with van der Waals surface area (Å²) in [6.07, 6.45) is 2.65. The van der Waals surface area contributed by atoms with Crippen molar-refractivity contribution in [1.82, 2.24) is 9.97 Å². The van der Waals surface area contributed by atoms with Crippen molar-refractivity contribution in [2.24, 2.45) is 0 Å². The number of nitrogens with two attached hydrogens (primary N) is 1. The molecule has 0 amide bonds. The van der Waals surface area contributed by atoms with E-state index >= 15 is 0 Å². The molecule has 0 saturated carbocycles. The van der Waals surface area contributed by atoms with Gasteiger partial charge in [-0.1, -0.05) is 12.1 Å². The maximum Gasteiger partial charge on any atom is 0.221 e. The van der Waals surface area contributed by atoms with Crippen molar-refractivity contribution in [2.45, 2.75) is 4.90 Å². The molecule has 1 aromatic carbocycles. The van der Waals surface area contributed by atoms with Gasteiger partial charge in [-0.05, 0) is 18.2 Å². The fraction of sp³-hybridized carbons (Fsp3) is 0.0909. The molecule has 6 nitrogen and oxygen atoms in total. The molecule has 1 aromatic heterocycles. The molecule has 18 heavy (non-hydrogen) atoms. The van der Waals surface area contributed by atoms with Crippen LogP contribution in [-0.2, 0) is 9.84 Å². The van der Waals surface area contributed by atoms with E-state index in [1.807, 2.05) is 0 Å². The largest absolute Gasteiger partial charge is 0.368 e. The second-order valence-electron chi connectivity index (χ2n) is 3.69. The van der Waals surface area contributed by atoms with E-state index in [-0.39, 0.29) is 10.8 Å². The summed E-state index contributed by atoms with van der Waals surface area (Å²) in [5, 5.41) is 2.91. The zero-order valence-electron chi connectivity index (χ0n) is 9.66. The average molecular weight is 264 g/mol. The number of rotatable bonds is 3. The molecule has 0 aliphatic heterocycles. The first-order valence-corrected chi connectivity index (χ1v) is 7.00. The van der Waals surface area contributed by atoms with Gasteiger partial charge in [-0.15, -0.1) is 0 Å². The summed E-state index contributed by atoms with van der Waals surface area (Å²) in [4.78, 5) is 7.92. The molecule has 0 spiro atoms.